The highest BCUT2D eigenvalue weighted by atomic mass is 35.5. The minimum absolute atomic E-state index is 0.174. The van der Waals surface area contributed by atoms with Crippen LogP contribution in [-0.2, 0) is 14.3 Å². The molecule has 132 valence electrons. The highest BCUT2D eigenvalue weighted by Gasteiger charge is 2.24. The van der Waals surface area contributed by atoms with Gasteiger partial charge in [-0.05, 0) is 43.9 Å². The Morgan fingerprint density at radius 3 is 2.79 bits per heavy atom. The molecule has 1 aromatic rings. The maximum atomic E-state index is 12.1. The molecular formula is C17H21Cl2NO4. The first-order valence-electron chi connectivity index (χ1n) is 7.93. The van der Waals surface area contributed by atoms with E-state index in [1.807, 2.05) is 0 Å². The molecule has 2 unspecified atom stereocenters. The second-order valence-electron chi connectivity index (χ2n) is 6.03. The summed E-state index contributed by atoms with van der Waals surface area (Å²) in [5.41, 5.74) is 0. The number of amides is 1. The predicted molar refractivity (Wildman–Crippen MR) is 92.5 cm³/mol. The zero-order valence-corrected chi connectivity index (χ0v) is 15.3. The topological polar surface area (TPSA) is 55.8 Å². The molecule has 0 spiro atoms. The van der Waals surface area contributed by atoms with Crippen molar-refractivity contribution in [3.05, 3.63) is 28.2 Å². The largest absolute Gasteiger partial charge is 0.477 e. The van der Waals surface area contributed by atoms with Gasteiger partial charge in [-0.2, -0.15) is 0 Å². The summed E-state index contributed by atoms with van der Waals surface area (Å²) in [6.07, 6.45) is 1.22. The van der Waals surface area contributed by atoms with Crippen LogP contribution in [0.2, 0.25) is 10.0 Å². The molecule has 1 aliphatic heterocycles. The maximum Gasteiger partial charge on any atom is 0.347 e. The summed E-state index contributed by atoms with van der Waals surface area (Å²) in [6, 6.07) is 4.72. The van der Waals surface area contributed by atoms with Gasteiger partial charge in [-0.1, -0.05) is 30.1 Å². The summed E-state index contributed by atoms with van der Waals surface area (Å²) in [7, 11) is 0. The van der Waals surface area contributed by atoms with E-state index in [4.69, 9.17) is 32.7 Å². The average Bonchev–Trinajstić information content (AvgIpc) is 2.54. The van der Waals surface area contributed by atoms with E-state index in [2.05, 4.69) is 6.92 Å². The Morgan fingerprint density at radius 1 is 1.38 bits per heavy atom. The van der Waals surface area contributed by atoms with E-state index in [1.165, 1.54) is 6.07 Å². The molecule has 1 aromatic carbocycles. The quantitative estimate of drug-likeness (QED) is 0.740. The molecule has 0 aliphatic carbocycles. The van der Waals surface area contributed by atoms with Gasteiger partial charge in [-0.25, -0.2) is 4.79 Å². The van der Waals surface area contributed by atoms with Crippen LogP contribution < -0.4 is 4.74 Å². The first-order chi connectivity index (χ1) is 11.4. The minimum atomic E-state index is -0.878. The van der Waals surface area contributed by atoms with Crippen LogP contribution in [0.1, 0.15) is 26.7 Å². The molecule has 7 heteroatoms. The lowest BCUT2D eigenvalue weighted by molar-refractivity contribution is -0.157. The predicted octanol–water partition coefficient (Wildman–Crippen LogP) is 3.56. The molecule has 2 atom stereocenters. The van der Waals surface area contributed by atoms with Crippen LogP contribution in [0, 0.1) is 5.92 Å². The smallest absolute Gasteiger partial charge is 0.347 e. The summed E-state index contributed by atoms with van der Waals surface area (Å²) < 4.78 is 10.5. The molecule has 5 nitrogen and oxygen atoms in total. The molecule has 0 N–H and O–H groups in total. The summed E-state index contributed by atoms with van der Waals surface area (Å²) >= 11 is 11.8. The lowest BCUT2D eigenvalue weighted by atomic mass is 10.0. The number of carbonyl (C=O) groups is 2. The summed E-state index contributed by atoms with van der Waals surface area (Å²) in [4.78, 5) is 25.8. The number of benzene rings is 1. The van der Waals surface area contributed by atoms with E-state index in [9.17, 15) is 9.59 Å². The number of nitrogens with zero attached hydrogens (tertiary/aromatic N) is 1. The van der Waals surface area contributed by atoms with Gasteiger partial charge in [-0.3, -0.25) is 4.79 Å². The van der Waals surface area contributed by atoms with Gasteiger partial charge >= 0.3 is 5.97 Å². The van der Waals surface area contributed by atoms with Gasteiger partial charge in [-0.15, -0.1) is 0 Å². The van der Waals surface area contributed by atoms with Crippen molar-refractivity contribution in [3.8, 4) is 5.75 Å². The molecule has 1 aliphatic rings. The van der Waals surface area contributed by atoms with E-state index < -0.39 is 12.1 Å². The van der Waals surface area contributed by atoms with Gasteiger partial charge < -0.3 is 14.4 Å². The van der Waals surface area contributed by atoms with Crippen molar-refractivity contribution in [2.75, 3.05) is 19.7 Å². The van der Waals surface area contributed by atoms with E-state index in [0.29, 0.717) is 34.8 Å². The van der Waals surface area contributed by atoms with Crippen LogP contribution >= 0.6 is 23.2 Å². The SMILES string of the molecule is CC1CCCN(C(=O)COC(=O)C(C)Oc2ccc(Cl)cc2Cl)C1. The monoisotopic (exact) mass is 373 g/mol. The van der Waals surface area contributed by atoms with Gasteiger partial charge in [0.25, 0.3) is 5.91 Å². The Balaban J connectivity index is 1.82. The fourth-order valence-electron chi connectivity index (χ4n) is 2.57. The number of likely N-dealkylation sites (tertiary alicyclic amines) is 1. The molecule has 0 radical (unpaired) electrons. The van der Waals surface area contributed by atoms with Gasteiger partial charge in [0.15, 0.2) is 12.7 Å². The second kappa shape index (κ2) is 8.58. The van der Waals surface area contributed by atoms with E-state index in [1.54, 1.807) is 24.0 Å². The van der Waals surface area contributed by atoms with Gasteiger partial charge in [0.1, 0.15) is 5.75 Å². The average molecular weight is 374 g/mol. The number of hydrogen-bond acceptors (Lipinski definition) is 4. The Morgan fingerprint density at radius 2 is 2.12 bits per heavy atom. The van der Waals surface area contributed by atoms with Crippen molar-refractivity contribution in [1.82, 2.24) is 4.90 Å². The van der Waals surface area contributed by atoms with Crippen LogP contribution in [0.3, 0.4) is 0 Å². The highest BCUT2D eigenvalue weighted by Crippen LogP contribution is 2.28. The zero-order valence-electron chi connectivity index (χ0n) is 13.8. The van der Waals surface area contributed by atoms with Crippen molar-refractivity contribution >= 4 is 35.1 Å². The molecule has 1 fully saturated rings. The van der Waals surface area contributed by atoms with Crippen LogP contribution in [-0.4, -0.2) is 42.6 Å². The number of esters is 1. The first-order valence-corrected chi connectivity index (χ1v) is 8.68. The Bertz CT molecular complexity index is 608. The number of carbonyl (C=O) groups excluding carboxylic acids is 2. The van der Waals surface area contributed by atoms with Crippen molar-refractivity contribution in [3.63, 3.8) is 0 Å². The normalized spacial score (nSPS) is 18.8. The number of rotatable bonds is 5. The minimum Gasteiger partial charge on any atom is -0.477 e. The number of halogens is 2. The molecule has 0 aromatic heterocycles. The van der Waals surface area contributed by atoms with Crippen molar-refractivity contribution in [1.29, 1.82) is 0 Å². The molecule has 0 bridgehead atoms. The van der Waals surface area contributed by atoms with E-state index >= 15 is 0 Å². The lowest BCUT2D eigenvalue weighted by Crippen LogP contribution is -2.42. The number of ether oxygens (including phenoxy) is 2. The third kappa shape index (κ3) is 5.28. The van der Waals surface area contributed by atoms with Crippen LogP contribution in [0.15, 0.2) is 18.2 Å². The van der Waals surface area contributed by atoms with Gasteiger partial charge in [0.05, 0.1) is 5.02 Å². The third-order valence-electron chi connectivity index (χ3n) is 3.88. The fourth-order valence-corrected chi connectivity index (χ4v) is 3.02. The Kier molecular flexibility index (Phi) is 6.75. The van der Waals surface area contributed by atoms with Crippen LogP contribution in [0.5, 0.6) is 5.75 Å². The number of piperidine rings is 1. The first kappa shape index (κ1) is 18.9. The summed E-state index contributed by atoms with van der Waals surface area (Å²) in [6.45, 7) is 4.81. The fraction of sp³-hybridized carbons (Fsp3) is 0.529. The molecule has 1 amide bonds. The Hall–Kier alpha value is -1.46. The molecule has 1 heterocycles. The van der Waals surface area contributed by atoms with E-state index in [-0.39, 0.29) is 12.5 Å². The Labute approximate surface area is 151 Å². The van der Waals surface area contributed by atoms with Gasteiger partial charge in [0, 0.05) is 18.1 Å². The third-order valence-corrected chi connectivity index (χ3v) is 4.41. The van der Waals surface area contributed by atoms with E-state index in [0.717, 1.165) is 12.8 Å². The van der Waals surface area contributed by atoms with Crippen molar-refractivity contribution < 1.29 is 19.1 Å². The van der Waals surface area contributed by atoms with Crippen LogP contribution in [0.4, 0.5) is 0 Å². The maximum absolute atomic E-state index is 12.1. The second-order valence-corrected chi connectivity index (χ2v) is 6.87. The molecule has 1 saturated heterocycles. The molecular weight excluding hydrogens is 353 g/mol. The van der Waals surface area contributed by atoms with Gasteiger partial charge in [0.2, 0.25) is 0 Å². The highest BCUT2D eigenvalue weighted by molar-refractivity contribution is 6.35. The lowest BCUT2D eigenvalue weighted by Gasteiger charge is -2.30. The zero-order chi connectivity index (χ0) is 17.7. The van der Waals surface area contributed by atoms with Crippen LogP contribution in [0.25, 0.3) is 0 Å². The summed E-state index contributed by atoms with van der Waals surface area (Å²) in [5.74, 6) is 0.0282. The molecule has 2 rings (SSSR count). The molecule has 24 heavy (non-hydrogen) atoms. The molecule has 0 saturated carbocycles. The standard InChI is InChI=1S/C17H21Cl2NO4/c1-11-4-3-7-20(9-11)16(21)10-23-17(22)12(2)24-15-6-5-13(18)8-14(15)19/h5-6,8,11-12H,3-4,7,9-10H2,1-2H3. The summed E-state index contributed by atoms with van der Waals surface area (Å²) in [5, 5.41) is 0.782. The van der Waals surface area contributed by atoms with Crippen molar-refractivity contribution in [2.24, 2.45) is 5.92 Å². The number of hydrogen-bond donors (Lipinski definition) is 0. The van der Waals surface area contributed by atoms with Crippen molar-refractivity contribution in [2.45, 2.75) is 32.8 Å².